The Morgan fingerprint density at radius 1 is 1.19 bits per heavy atom. The Labute approximate surface area is 148 Å². The van der Waals surface area contributed by atoms with Crippen LogP contribution in [0.5, 0.6) is 0 Å². The summed E-state index contributed by atoms with van der Waals surface area (Å²) in [6.45, 7) is 1.20. The summed E-state index contributed by atoms with van der Waals surface area (Å²) in [7, 11) is -8.32. The number of benzene rings is 2. The minimum absolute atomic E-state index is 0.0466. The Hall–Kier alpha value is -2.57. The van der Waals surface area contributed by atoms with Crippen LogP contribution in [0.25, 0.3) is 0 Å². The number of aryl methyl sites for hydroxylation is 1. The van der Waals surface area contributed by atoms with E-state index in [0.29, 0.717) is 6.07 Å². The number of hydrogen-bond donors (Lipinski definition) is 2. The lowest BCUT2D eigenvalue weighted by molar-refractivity contribution is -0.385. The van der Waals surface area contributed by atoms with Gasteiger partial charge in [-0.05, 0) is 30.2 Å². The summed E-state index contributed by atoms with van der Waals surface area (Å²) >= 11 is 0. The molecular formula is C14H14FN3O6S2. The van der Waals surface area contributed by atoms with E-state index in [1.165, 1.54) is 31.2 Å². The molecule has 0 fully saturated rings. The molecule has 0 aliphatic heterocycles. The molecule has 9 nitrogen and oxygen atoms in total. The number of hydrogen-bond acceptors (Lipinski definition) is 6. The van der Waals surface area contributed by atoms with Crippen LogP contribution in [-0.4, -0.2) is 21.8 Å². The molecule has 0 amide bonds. The van der Waals surface area contributed by atoms with Crippen LogP contribution >= 0.6 is 0 Å². The maximum Gasteiger partial charge on any atom is 0.271 e. The summed E-state index contributed by atoms with van der Waals surface area (Å²) in [5.74, 6) is -1.64. The average molecular weight is 403 g/mol. The summed E-state index contributed by atoms with van der Waals surface area (Å²) in [6, 6.07) is 6.85. The van der Waals surface area contributed by atoms with Crippen LogP contribution in [0.4, 0.5) is 15.8 Å². The third-order valence-corrected chi connectivity index (χ3v) is 5.37. The van der Waals surface area contributed by atoms with Gasteiger partial charge in [-0.15, -0.1) is 0 Å². The monoisotopic (exact) mass is 403 g/mol. The van der Waals surface area contributed by atoms with E-state index in [1.54, 1.807) is 0 Å². The van der Waals surface area contributed by atoms with Gasteiger partial charge in [-0.25, -0.2) is 26.4 Å². The molecule has 140 valence electrons. The second-order valence-corrected chi connectivity index (χ2v) is 8.71. The highest BCUT2D eigenvalue weighted by atomic mass is 32.2. The number of anilines is 1. The van der Waals surface area contributed by atoms with Crippen molar-refractivity contribution < 1.29 is 26.1 Å². The fourth-order valence-corrected chi connectivity index (χ4v) is 4.05. The minimum Gasteiger partial charge on any atom is -0.280 e. The predicted molar refractivity (Wildman–Crippen MR) is 91.9 cm³/mol. The van der Waals surface area contributed by atoms with Crippen molar-refractivity contribution in [3.63, 3.8) is 0 Å². The van der Waals surface area contributed by atoms with E-state index in [2.05, 4.69) is 4.72 Å². The van der Waals surface area contributed by atoms with Crippen LogP contribution in [0.3, 0.4) is 0 Å². The summed E-state index contributed by atoms with van der Waals surface area (Å²) in [6.07, 6.45) is 0. The van der Waals surface area contributed by atoms with Gasteiger partial charge in [0, 0.05) is 17.8 Å². The number of sulfonamides is 2. The van der Waals surface area contributed by atoms with Crippen LogP contribution in [0, 0.1) is 22.9 Å². The Morgan fingerprint density at radius 3 is 2.42 bits per heavy atom. The standard InChI is InChI=1S/C14H14FN3O6S2/c1-9-5-12(18(19)20)7-13(14(9)15)26(23,24)17-11-4-2-3-10(6-11)8-25(16,21)22/h2-7,17H,8H2,1H3,(H2,16,21,22). The first kappa shape index (κ1) is 19.8. The fourth-order valence-electron chi connectivity index (χ4n) is 2.19. The van der Waals surface area contributed by atoms with Crippen molar-refractivity contribution in [3.05, 3.63) is 63.5 Å². The highest BCUT2D eigenvalue weighted by Crippen LogP contribution is 2.26. The molecule has 26 heavy (non-hydrogen) atoms. The van der Waals surface area contributed by atoms with Crippen molar-refractivity contribution in [3.8, 4) is 0 Å². The van der Waals surface area contributed by atoms with Gasteiger partial charge in [-0.3, -0.25) is 14.8 Å². The van der Waals surface area contributed by atoms with Crippen molar-refractivity contribution in [2.24, 2.45) is 5.14 Å². The molecule has 0 unspecified atom stereocenters. The van der Waals surface area contributed by atoms with E-state index in [9.17, 15) is 31.3 Å². The Kier molecular flexibility index (Phi) is 5.30. The van der Waals surface area contributed by atoms with Gasteiger partial charge in [-0.2, -0.15) is 0 Å². The number of non-ortho nitro benzene ring substituents is 1. The lowest BCUT2D eigenvalue weighted by Gasteiger charge is -2.11. The lowest BCUT2D eigenvalue weighted by Crippen LogP contribution is -2.17. The zero-order valence-electron chi connectivity index (χ0n) is 13.3. The Bertz CT molecular complexity index is 1080. The molecule has 0 heterocycles. The maximum absolute atomic E-state index is 14.2. The normalized spacial score (nSPS) is 12.0. The molecule has 0 aliphatic carbocycles. The van der Waals surface area contributed by atoms with Crippen molar-refractivity contribution in [2.45, 2.75) is 17.6 Å². The maximum atomic E-state index is 14.2. The molecular weight excluding hydrogens is 389 g/mol. The SMILES string of the molecule is Cc1cc([N+](=O)[O-])cc(S(=O)(=O)Nc2cccc(CS(N)(=O)=O)c2)c1F. The van der Waals surface area contributed by atoms with Gasteiger partial charge >= 0.3 is 0 Å². The third-order valence-electron chi connectivity index (χ3n) is 3.25. The summed E-state index contributed by atoms with van der Waals surface area (Å²) < 4.78 is 63.4. The van der Waals surface area contributed by atoms with Crippen LogP contribution < -0.4 is 9.86 Å². The van der Waals surface area contributed by atoms with Gasteiger partial charge in [0.15, 0.2) is 0 Å². The van der Waals surface area contributed by atoms with Crippen molar-refractivity contribution in [1.82, 2.24) is 0 Å². The second-order valence-electron chi connectivity index (χ2n) is 5.44. The Morgan fingerprint density at radius 2 is 1.85 bits per heavy atom. The first-order chi connectivity index (χ1) is 11.9. The molecule has 12 heteroatoms. The number of rotatable bonds is 6. The van der Waals surface area contributed by atoms with Gasteiger partial charge in [0.25, 0.3) is 15.7 Å². The van der Waals surface area contributed by atoms with Gasteiger partial charge in [0.05, 0.1) is 10.7 Å². The molecule has 0 radical (unpaired) electrons. The number of nitro benzene ring substituents is 1. The lowest BCUT2D eigenvalue weighted by atomic mass is 10.2. The topological polar surface area (TPSA) is 149 Å². The molecule has 2 rings (SSSR count). The van der Waals surface area contributed by atoms with E-state index in [-0.39, 0.29) is 16.8 Å². The van der Waals surface area contributed by atoms with Crippen molar-refractivity contribution in [1.29, 1.82) is 0 Å². The quantitative estimate of drug-likeness (QED) is 0.553. The number of nitrogens with two attached hydrogens (primary N) is 1. The number of nitrogens with one attached hydrogen (secondary N) is 1. The van der Waals surface area contributed by atoms with E-state index in [4.69, 9.17) is 5.14 Å². The molecule has 2 aromatic carbocycles. The highest BCUT2D eigenvalue weighted by Gasteiger charge is 2.25. The molecule has 2 aromatic rings. The highest BCUT2D eigenvalue weighted by molar-refractivity contribution is 7.92. The zero-order chi connectivity index (χ0) is 19.7. The van der Waals surface area contributed by atoms with Crippen LogP contribution in [0.15, 0.2) is 41.3 Å². The molecule has 0 saturated heterocycles. The molecule has 3 N–H and O–H groups in total. The summed E-state index contributed by atoms with van der Waals surface area (Å²) in [5.41, 5.74) is -0.618. The molecule has 0 saturated carbocycles. The van der Waals surface area contributed by atoms with E-state index >= 15 is 0 Å². The first-order valence-corrected chi connectivity index (χ1v) is 10.2. The van der Waals surface area contributed by atoms with Gasteiger partial charge in [0.2, 0.25) is 10.0 Å². The molecule has 0 aliphatic rings. The van der Waals surface area contributed by atoms with E-state index < -0.39 is 47.1 Å². The number of nitro groups is 1. The minimum atomic E-state index is -4.49. The second kappa shape index (κ2) is 6.97. The largest absolute Gasteiger partial charge is 0.280 e. The molecule has 0 aromatic heterocycles. The summed E-state index contributed by atoms with van der Waals surface area (Å²) in [4.78, 5) is 9.16. The first-order valence-electron chi connectivity index (χ1n) is 6.96. The average Bonchev–Trinajstić information content (AvgIpc) is 2.47. The Balaban J connectivity index is 2.44. The zero-order valence-corrected chi connectivity index (χ0v) is 15.0. The van der Waals surface area contributed by atoms with Crippen LogP contribution in [0.1, 0.15) is 11.1 Å². The third kappa shape index (κ3) is 4.74. The number of primary sulfonamides is 1. The van der Waals surface area contributed by atoms with Crippen molar-refractivity contribution in [2.75, 3.05) is 4.72 Å². The van der Waals surface area contributed by atoms with Crippen LogP contribution in [0.2, 0.25) is 0 Å². The number of halogens is 1. The number of nitrogens with zero attached hydrogens (tertiary/aromatic N) is 1. The molecule has 0 atom stereocenters. The van der Waals surface area contributed by atoms with Crippen LogP contribution in [-0.2, 0) is 25.8 Å². The smallest absolute Gasteiger partial charge is 0.271 e. The molecule has 0 bridgehead atoms. The van der Waals surface area contributed by atoms with Gasteiger partial charge in [0.1, 0.15) is 10.7 Å². The fraction of sp³-hybridized carbons (Fsp3) is 0.143. The van der Waals surface area contributed by atoms with E-state index in [0.717, 1.165) is 6.07 Å². The predicted octanol–water partition coefficient (Wildman–Crippen LogP) is 1.63. The van der Waals surface area contributed by atoms with Gasteiger partial charge in [-0.1, -0.05) is 12.1 Å². The summed E-state index contributed by atoms with van der Waals surface area (Å²) in [5, 5.41) is 15.8. The molecule has 0 spiro atoms. The van der Waals surface area contributed by atoms with E-state index in [1.807, 2.05) is 0 Å². The van der Waals surface area contributed by atoms with Gasteiger partial charge < -0.3 is 0 Å². The van der Waals surface area contributed by atoms with Crippen molar-refractivity contribution >= 4 is 31.4 Å².